The summed E-state index contributed by atoms with van der Waals surface area (Å²) in [7, 11) is -3.73. The summed E-state index contributed by atoms with van der Waals surface area (Å²) in [6.07, 6.45) is 4.63. The van der Waals surface area contributed by atoms with Gasteiger partial charge in [0.2, 0.25) is 15.9 Å². The van der Waals surface area contributed by atoms with E-state index < -0.39 is 16.1 Å². The van der Waals surface area contributed by atoms with E-state index in [2.05, 4.69) is 28.8 Å². The van der Waals surface area contributed by atoms with Gasteiger partial charge in [0.1, 0.15) is 6.04 Å². The number of carbonyl (C=O) groups excluding carboxylic acids is 1. The first kappa shape index (κ1) is 23.2. The molecule has 2 N–H and O–H groups in total. The Hall–Kier alpha value is -1.09. The van der Waals surface area contributed by atoms with E-state index in [9.17, 15) is 13.2 Å². The summed E-state index contributed by atoms with van der Waals surface area (Å²) in [6.45, 7) is 7.05. The molecule has 1 saturated heterocycles. The molecule has 1 aromatic carbocycles. The Morgan fingerprint density at radius 2 is 2.00 bits per heavy atom. The summed E-state index contributed by atoms with van der Waals surface area (Å²) in [4.78, 5) is 15.4. The Bertz CT molecular complexity index is 711. The molecule has 28 heavy (non-hydrogen) atoms. The fourth-order valence-electron chi connectivity index (χ4n) is 3.44. The number of nitrogens with zero attached hydrogens (tertiary/aromatic N) is 1. The fraction of sp³-hybridized carbons (Fsp3) is 0.650. The lowest BCUT2D eigenvalue weighted by atomic mass is 9.97. The molecular formula is C20H33N3O3S2. The SMILES string of the molecule is CSCCC(NS(=O)(=O)c1ccccc1)C(=O)NCC1CCCN(C(C)C)C1. The molecule has 0 spiro atoms. The average Bonchev–Trinajstić information content (AvgIpc) is 2.70. The minimum atomic E-state index is -3.73. The number of hydrogen-bond donors (Lipinski definition) is 2. The molecule has 0 radical (unpaired) electrons. The molecule has 8 heteroatoms. The van der Waals surface area contributed by atoms with E-state index in [-0.39, 0.29) is 10.8 Å². The van der Waals surface area contributed by atoms with Crippen molar-refractivity contribution in [2.45, 2.75) is 50.1 Å². The van der Waals surface area contributed by atoms with E-state index in [1.165, 1.54) is 12.1 Å². The van der Waals surface area contributed by atoms with Crippen LogP contribution < -0.4 is 10.0 Å². The van der Waals surface area contributed by atoms with E-state index >= 15 is 0 Å². The van der Waals surface area contributed by atoms with E-state index in [0.717, 1.165) is 25.9 Å². The summed E-state index contributed by atoms with van der Waals surface area (Å²) < 4.78 is 27.9. The highest BCUT2D eigenvalue weighted by Gasteiger charge is 2.27. The standard InChI is InChI=1S/C20H33N3O3S2/c1-16(2)23-12-7-8-17(15-23)14-21-20(24)19(11-13-27-3)22-28(25,26)18-9-5-4-6-10-18/h4-6,9-10,16-17,19,22H,7-8,11-15H2,1-3H3,(H,21,24). The van der Waals surface area contributed by atoms with Crippen molar-refractivity contribution < 1.29 is 13.2 Å². The van der Waals surface area contributed by atoms with Crippen LogP contribution in [0.25, 0.3) is 0 Å². The Balaban J connectivity index is 1.97. The normalized spacial score (nSPS) is 19.5. The van der Waals surface area contributed by atoms with Gasteiger partial charge in [-0.1, -0.05) is 18.2 Å². The molecule has 2 atom stereocenters. The van der Waals surface area contributed by atoms with Gasteiger partial charge in [-0.25, -0.2) is 8.42 Å². The Morgan fingerprint density at radius 1 is 1.29 bits per heavy atom. The van der Waals surface area contributed by atoms with Crippen molar-refractivity contribution in [2.24, 2.45) is 5.92 Å². The maximum Gasteiger partial charge on any atom is 0.241 e. The molecule has 1 aromatic rings. The van der Waals surface area contributed by atoms with Gasteiger partial charge in [0.15, 0.2) is 0 Å². The Morgan fingerprint density at radius 3 is 2.64 bits per heavy atom. The van der Waals surface area contributed by atoms with Crippen LogP contribution in [0.4, 0.5) is 0 Å². The number of hydrogen-bond acceptors (Lipinski definition) is 5. The molecule has 1 amide bonds. The second-order valence-corrected chi connectivity index (χ2v) is 10.3. The number of sulfonamides is 1. The van der Waals surface area contributed by atoms with Crippen molar-refractivity contribution in [1.82, 2.24) is 14.9 Å². The summed E-state index contributed by atoms with van der Waals surface area (Å²) in [5, 5.41) is 2.99. The van der Waals surface area contributed by atoms with Gasteiger partial charge >= 0.3 is 0 Å². The quantitative estimate of drug-likeness (QED) is 0.599. The number of piperidine rings is 1. The van der Waals surface area contributed by atoms with E-state index in [4.69, 9.17) is 0 Å². The zero-order valence-corrected chi connectivity index (χ0v) is 18.7. The third-order valence-electron chi connectivity index (χ3n) is 5.12. The average molecular weight is 428 g/mol. The van der Waals surface area contributed by atoms with Crippen LogP contribution in [-0.2, 0) is 14.8 Å². The number of nitrogens with one attached hydrogen (secondary N) is 2. The maximum absolute atomic E-state index is 12.8. The molecular weight excluding hydrogens is 394 g/mol. The van der Waals surface area contributed by atoms with E-state index in [0.29, 0.717) is 30.7 Å². The summed E-state index contributed by atoms with van der Waals surface area (Å²) in [5.41, 5.74) is 0. The molecule has 6 nitrogen and oxygen atoms in total. The monoisotopic (exact) mass is 427 g/mol. The van der Waals surface area contributed by atoms with Crippen molar-refractivity contribution in [3.05, 3.63) is 30.3 Å². The molecule has 1 aliphatic heterocycles. The third kappa shape index (κ3) is 7.06. The van der Waals surface area contributed by atoms with Gasteiger partial charge in [0.25, 0.3) is 0 Å². The lowest BCUT2D eigenvalue weighted by Gasteiger charge is -2.35. The van der Waals surface area contributed by atoms with Crippen LogP contribution in [0.3, 0.4) is 0 Å². The lowest BCUT2D eigenvalue weighted by Crippen LogP contribution is -2.49. The highest BCUT2D eigenvalue weighted by Crippen LogP contribution is 2.18. The number of amides is 1. The molecule has 0 saturated carbocycles. The molecule has 0 aromatic heterocycles. The number of carbonyl (C=O) groups is 1. The van der Waals surface area contributed by atoms with Crippen molar-refractivity contribution in [3.63, 3.8) is 0 Å². The van der Waals surface area contributed by atoms with Crippen LogP contribution in [0.5, 0.6) is 0 Å². The van der Waals surface area contributed by atoms with Gasteiger partial charge in [-0.2, -0.15) is 16.5 Å². The van der Waals surface area contributed by atoms with Crippen molar-refractivity contribution in [3.8, 4) is 0 Å². The predicted octanol–water partition coefficient (Wildman–Crippen LogP) is 2.32. The van der Waals surface area contributed by atoms with Gasteiger partial charge < -0.3 is 10.2 Å². The third-order valence-corrected chi connectivity index (χ3v) is 7.26. The van der Waals surface area contributed by atoms with Crippen LogP contribution in [0.15, 0.2) is 35.2 Å². The van der Waals surface area contributed by atoms with Crippen molar-refractivity contribution in [2.75, 3.05) is 31.6 Å². The molecule has 0 aliphatic carbocycles. The largest absolute Gasteiger partial charge is 0.354 e. The highest BCUT2D eigenvalue weighted by atomic mass is 32.2. The van der Waals surface area contributed by atoms with Crippen molar-refractivity contribution in [1.29, 1.82) is 0 Å². The van der Waals surface area contributed by atoms with Crippen molar-refractivity contribution >= 4 is 27.7 Å². The molecule has 2 unspecified atom stereocenters. The van der Waals surface area contributed by atoms with Crippen LogP contribution in [0.1, 0.15) is 33.1 Å². The van der Waals surface area contributed by atoms with Gasteiger partial charge in [-0.15, -0.1) is 0 Å². The molecule has 158 valence electrons. The maximum atomic E-state index is 12.8. The van der Waals surface area contributed by atoms with E-state index in [1.807, 2.05) is 6.26 Å². The minimum absolute atomic E-state index is 0.178. The van der Waals surface area contributed by atoms with Crippen LogP contribution in [-0.4, -0.2) is 63.0 Å². The van der Waals surface area contributed by atoms with E-state index in [1.54, 1.807) is 30.0 Å². The molecule has 1 aliphatic rings. The second kappa shape index (κ2) is 11.2. The van der Waals surface area contributed by atoms with Gasteiger partial charge in [0, 0.05) is 19.1 Å². The topological polar surface area (TPSA) is 78.5 Å². The van der Waals surface area contributed by atoms with Crippen LogP contribution in [0, 0.1) is 5.92 Å². The first-order valence-electron chi connectivity index (χ1n) is 9.91. The Labute approximate surface area is 173 Å². The molecule has 0 bridgehead atoms. The van der Waals surface area contributed by atoms with Crippen LogP contribution >= 0.6 is 11.8 Å². The minimum Gasteiger partial charge on any atom is -0.354 e. The number of benzene rings is 1. The van der Waals surface area contributed by atoms with Gasteiger partial charge in [-0.3, -0.25) is 4.79 Å². The van der Waals surface area contributed by atoms with Gasteiger partial charge in [0.05, 0.1) is 4.90 Å². The Kier molecular flexibility index (Phi) is 9.27. The summed E-state index contributed by atoms with van der Waals surface area (Å²) >= 11 is 1.60. The van der Waals surface area contributed by atoms with Gasteiger partial charge in [-0.05, 0) is 69.7 Å². The zero-order chi connectivity index (χ0) is 20.6. The summed E-state index contributed by atoms with van der Waals surface area (Å²) in [5.74, 6) is 0.877. The predicted molar refractivity (Wildman–Crippen MR) is 116 cm³/mol. The smallest absolute Gasteiger partial charge is 0.241 e. The molecule has 2 rings (SSSR count). The highest BCUT2D eigenvalue weighted by molar-refractivity contribution is 7.98. The first-order chi connectivity index (χ1) is 13.3. The molecule has 1 heterocycles. The number of rotatable bonds is 10. The lowest BCUT2D eigenvalue weighted by molar-refractivity contribution is -0.123. The zero-order valence-electron chi connectivity index (χ0n) is 17.1. The number of thioether (sulfide) groups is 1. The number of likely N-dealkylation sites (tertiary alicyclic amines) is 1. The summed E-state index contributed by atoms with van der Waals surface area (Å²) in [6, 6.07) is 7.93. The first-order valence-corrected chi connectivity index (χ1v) is 12.8. The fourth-order valence-corrected chi connectivity index (χ4v) is 5.16. The second-order valence-electron chi connectivity index (χ2n) is 7.61. The molecule has 1 fully saturated rings. The van der Waals surface area contributed by atoms with Crippen LogP contribution in [0.2, 0.25) is 0 Å².